The molecule has 78 valence electrons. The van der Waals surface area contributed by atoms with Gasteiger partial charge in [0.2, 0.25) is 0 Å². The van der Waals surface area contributed by atoms with Gasteiger partial charge in [0.25, 0.3) is 5.88 Å². The molecular weight excluding hydrogens is 186 g/mol. The molecule has 0 aliphatic carbocycles. The maximum absolute atomic E-state index is 10.5. The largest absolute Gasteiger partial charge is 0.481 e. The van der Waals surface area contributed by atoms with Crippen molar-refractivity contribution in [2.24, 2.45) is 5.92 Å². The van der Waals surface area contributed by atoms with Crippen LogP contribution in [0.5, 0.6) is 5.88 Å². The van der Waals surface area contributed by atoms with Crippen LogP contribution in [0, 0.1) is 5.92 Å². The standard InChI is InChI=1S/C9H13NO4/c1-6(9(11)12)3-4-7-5-8(13-2)10-14-7/h5-6H,3-4H2,1-2H3,(H,11,12). The van der Waals surface area contributed by atoms with Crippen LogP contribution in [0.15, 0.2) is 10.6 Å². The number of hydrogen-bond donors (Lipinski definition) is 1. The molecule has 5 nitrogen and oxygen atoms in total. The number of hydrogen-bond acceptors (Lipinski definition) is 4. The Labute approximate surface area is 81.7 Å². The van der Waals surface area contributed by atoms with Crippen molar-refractivity contribution in [3.05, 3.63) is 11.8 Å². The van der Waals surface area contributed by atoms with E-state index in [-0.39, 0.29) is 5.92 Å². The third-order valence-corrected chi connectivity index (χ3v) is 1.99. The minimum atomic E-state index is -0.795. The molecule has 0 fully saturated rings. The zero-order chi connectivity index (χ0) is 10.6. The molecule has 1 atom stereocenters. The van der Waals surface area contributed by atoms with Crippen molar-refractivity contribution in [3.8, 4) is 5.88 Å². The van der Waals surface area contributed by atoms with Crippen molar-refractivity contribution >= 4 is 5.97 Å². The molecule has 0 bridgehead atoms. The maximum atomic E-state index is 10.5. The quantitative estimate of drug-likeness (QED) is 0.774. The highest BCUT2D eigenvalue weighted by Gasteiger charge is 2.12. The molecule has 14 heavy (non-hydrogen) atoms. The van der Waals surface area contributed by atoms with Crippen LogP contribution in [0.3, 0.4) is 0 Å². The molecule has 0 radical (unpaired) electrons. The van der Waals surface area contributed by atoms with E-state index in [2.05, 4.69) is 5.16 Å². The van der Waals surface area contributed by atoms with Gasteiger partial charge in [-0.3, -0.25) is 4.79 Å². The third kappa shape index (κ3) is 2.76. The summed E-state index contributed by atoms with van der Waals surface area (Å²) in [4.78, 5) is 10.5. The fraction of sp³-hybridized carbons (Fsp3) is 0.556. The number of methoxy groups -OCH3 is 1. The molecule has 0 spiro atoms. The minimum absolute atomic E-state index is 0.369. The number of ether oxygens (including phenoxy) is 1. The summed E-state index contributed by atoms with van der Waals surface area (Å²) >= 11 is 0. The molecule has 1 aromatic rings. The molecule has 0 aromatic carbocycles. The summed E-state index contributed by atoms with van der Waals surface area (Å²) in [7, 11) is 1.50. The van der Waals surface area contributed by atoms with Crippen LogP contribution in [0.1, 0.15) is 19.1 Å². The van der Waals surface area contributed by atoms with Crippen LogP contribution in [0.4, 0.5) is 0 Å². The molecule has 1 rings (SSSR count). The van der Waals surface area contributed by atoms with Crippen LogP contribution >= 0.6 is 0 Å². The minimum Gasteiger partial charge on any atom is -0.481 e. The van der Waals surface area contributed by atoms with Crippen molar-refractivity contribution in [1.29, 1.82) is 0 Å². The highest BCUT2D eigenvalue weighted by Crippen LogP contribution is 2.14. The van der Waals surface area contributed by atoms with Crippen LogP contribution < -0.4 is 4.74 Å². The summed E-state index contributed by atoms with van der Waals surface area (Å²) in [5, 5.41) is 12.3. The molecule has 1 aromatic heterocycles. The number of carboxylic acids is 1. The predicted octanol–water partition coefficient (Wildman–Crippen LogP) is 1.34. The number of rotatable bonds is 5. The molecule has 1 heterocycles. The van der Waals surface area contributed by atoms with Gasteiger partial charge in [-0.15, -0.1) is 0 Å². The Kier molecular flexibility index (Phi) is 3.50. The lowest BCUT2D eigenvalue weighted by molar-refractivity contribution is -0.141. The van der Waals surface area contributed by atoms with E-state index in [1.807, 2.05) is 0 Å². The van der Waals surface area contributed by atoms with E-state index in [1.165, 1.54) is 7.11 Å². The van der Waals surface area contributed by atoms with Gasteiger partial charge in [0.15, 0.2) is 0 Å². The number of nitrogens with zero attached hydrogens (tertiary/aromatic N) is 1. The van der Waals surface area contributed by atoms with Crippen LogP contribution in [-0.4, -0.2) is 23.3 Å². The fourth-order valence-corrected chi connectivity index (χ4v) is 0.990. The molecule has 5 heteroatoms. The molecule has 0 aliphatic heterocycles. The zero-order valence-electron chi connectivity index (χ0n) is 8.19. The summed E-state index contributed by atoms with van der Waals surface area (Å²) in [5.74, 6) is -0.0968. The predicted molar refractivity (Wildman–Crippen MR) is 48.2 cm³/mol. The molecule has 0 saturated carbocycles. The van der Waals surface area contributed by atoms with Gasteiger partial charge in [0.05, 0.1) is 13.0 Å². The van der Waals surface area contributed by atoms with Gasteiger partial charge in [-0.25, -0.2) is 0 Å². The Morgan fingerprint density at radius 2 is 2.50 bits per heavy atom. The van der Waals surface area contributed by atoms with Crippen LogP contribution in [0.2, 0.25) is 0 Å². The van der Waals surface area contributed by atoms with E-state index in [9.17, 15) is 4.79 Å². The second kappa shape index (κ2) is 4.64. The average molecular weight is 199 g/mol. The first-order chi connectivity index (χ1) is 6.63. The first-order valence-electron chi connectivity index (χ1n) is 4.36. The zero-order valence-corrected chi connectivity index (χ0v) is 8.19. The van der Waals surface area contributed by atoms with Crippen LogP contribution in [-0.2, 0) is 11.2 Å². The van der Waals surface area contributed by atoms with Crippen molar-refractivity contribution in [1.82, 2.24) is 5.16 Å². The highest BCUT2D eigenvalue weighted by atomic mass is 16.5. The van der Waals surface area contributed by atoms with E-state index in [4.69, 9.17) is 14.4 Å². The van der Waals surface area contributed by atoms with Gasteiger partial charge in [-0.2, -0.15) is 0 Å². The van der Waals surface area contributed by atoms with Gasteiger partial charge < -0.3 is 14.4 Å². The number of carbonyl (C=O) groups is 1. The summed E-state index contributed by atoms with van der Waals surface area (Å²) in [6.45, 7) is 1.66. The fourth-order valence-electron chi connectivity index (χ4n) is 0.990. The van der Waals surface area contributed by atoms with Crippen molar-refractivity contribution in [3.63, 3.8) is 0 Å². The van der Waals surface area contributed by atoms with Gasteiger partial charge >= 0.3 is 5.97 Å². The first-order valence-corrected chi connectivity index (χ1v) is 4.36. The Hall–Kier alpha value is -1.52. The van der Waals surface area contributed by atoms with Gasteiger partial charge in [0, 0.05) is 12.5 Å². The molecule has 1 unspecified atom stereocenters. The summed E-state index contributed by atoms with van der Waals surface area (Å²) in [6.07, 6.45) is 1.09. The van der Waals surface area contributed by atoms with Crippen molar-refractivity contribution in [2.75, 3.05) is 7.11 Å². The van der Waals surface area contributed by atoms with Gasteiger partial charge in [0.1, 0.15) is 5.76 Å². The van der Waals surface area contributed by atoms with Crippen LogP contribution in [0.25, 0.3) is 0 Å². The van der Waals surface area contributed by atoms with E-state index in [1.54, 1.807) is 13.0 Å². The Morgan fingerprint density at radius 3 is 3.00 bits per heavy atom. The topological polar surface area (TPSA) is 72.6 Å². The summed E-state index contributed by atoms with van der Waals surface area (Å²) in [6, 6.07) is 1.66. The molecule has 0 aliphatic rings. The SMILES string of the molecule is COc1cc(CCC(C)C(=O)O)on1. The monoisotopic (exact) mass is 199 g/mol. The third-order valence-electron chi connectivity index (χ3n) is 1.99. The summed E-state index contributed by atoms with van der Waals surface area (Å²) < 4.78 is 9.75. The number of aliphatic carboxylic acids is 1. The van der Waals surface area contributed by atoms with E-state index in [0.717, 1.165) is 0 Å². The smallest absolute Gasteiger partial charge is 0.306 e. The second-order valence-corrected chi connectivity index (χ2v) is 3.11. The first kappa shape index (κ1) is 10.6. The lowest BCUT2D eigenvalue weighted by Crippen LogP contribution is -2.09. The number of aromatic nitrogens is 1. The van der Waals surface area contributed by atoms with Crippen molar-refractivity contribution < 1.29 is 19.2 Å². The normalized spacial score (nSPS) is 12.4. The molecule has 0 saturated heterocycles. The second-order valence-electron chi connectivity index (χ2n) is 3.11. The average Bonchev–Trinajstić information content (AvgIpc) is 2.61. The van der Waals surface area contributed by atoms with E-state index >= 15 is 0 Å². The number of carboxylic acid groups (broad SMARTS) is 1. The molecule has 0 amide bonds. The lowest BCUT2D eigenvalue weighted by atomic mass is 10.1. The van der Waals surface area contributed by atoms with E-state index < -0.39 is 5.97 Å². The highest BCUT2D eigenvalue weighted by molar-refractivity contribution is 5.69. The molecular formula is C9H13NO4. The summed E-state index contributed by atoms with van der Waals surface area (Å²) in [5.41, 5.74) is 0. The Bertz CT molecular complexity index is 308. The van der Waals surface area contributed by atoms with Crippen molar-refractivity contribution in [2.45, 2.75) is 19.8 Å². The number of aryl methyl sites for hydroxylation is 1. The lowest BCUT2D eigenvalue weighted by Gasteiger charge is -2.02. The maximum Gasteiger partial charge on any atom is 0.306 e. The Balaban J connectivity index is 2.41. The van der Waals surface area contributed by atoms with Gasteiger partial charge in [-0.05, 0) is 11.6 Å². The molecule has 1 N–H and O–H groups in total. The Morgan fingerprint density at radius 1 is 1.79 bits per heavy atom. The van der Waals surface area contributed by atoms with E-state index in [0.29, 0.717) is 24.5 Å². The van der Waals surface area contributed by atoms with Gasteiger partial charge in [-0.1, -0.05) is 6.92 Å².